The molecule has 0 saturated heterocycles. The topological polar surface area (TPSA) is 55.1 Å². The second-order valence-corrected chi connectivity index (χ2v) is 5.09. The number of aromatic nitrogens is 1. The summed E-state index contributed by atoms with van der Waals surface area (Å²) in [6, 6.07) is 9.28. The number of carbonyl (C=O) groups excluding carboxylic acids is 1. The number of nitrogens with one attached hydrogen (secondary N) is 1. The summed E-state index contributed by atoms with van der Waals surface area (Å²) in [5.74, 6) is 0.723. The molecule has 0 fully saturated rings. The number of furan rings is 1. The van der Waals surface area contributed by atoms with Gasteiger partial charge in [0, 0.05) is 6.20 Å². The Morgan fingerprint density at radius 1 is 1.44 bits per heavy atom. The minimum atomic E-state index is -0.185. The third kappa shape index (κ3) is 3.63. The quantitative estimate of drug-likeness (QED) is 0.841. The molecule has 2 aromatic heterocycles. The fraction of sp³-hybridized carbons (Fsp3) is 0.231. The maximum absolute atomic E-state index is 11.8. The summed E-state index contributed by atoms with van der Waals surface area (Å²) in [5, 5.41) is 3.48. The predicted octanol–water partition coefficient (Wildman–Crippen LogP) is 2.47. The van der Waals surface area contributed by atoms with Gasteiger partial charge in [-0.2, -0.15) is 0 Å². The maximum atomic E-state index is 11.8. The highest BCUT2D eigenvalue weighted by Crippen LogP contribution is 2.20. The minimum Gasteiger partial charge on any atom is -0.467 e. The summed E-state index contributed by atoms with van der Waals surface area (Å²) >= 11 is 1.44. The van der Waals surface area contributed by atoms with Crippen molar-refractivity contribution in [1.29, 1.82) is 0 Å². The normalized spacial score (nSPS) is 12.1. The van der Waals surface area contributed by atoms with Gasteiger partial charge in [-0.15, -0.1) is 0 Å². The van der Waals surface area contributed by atoms with E-state index in [1.807, 2.05) is 31.2 Å². The van der Waals surface area contributed by atoms with E-state index in [-0.39, 0.29) is 11.2 Å². The van der Waals surface area contributed by atoms with Crippen molar-refractivity contribution in [3.63, 3.8) is 0 Å². The number of carbonyl (C=O) groups is 1. The summed E-state index contributed by atoms with van der Waals surface area (Å²) in [7, 11) is 0. The van der Waals surface area contributed by atoms with E-state index in [2.05, 4.69) is 10.3 Å². The molecule has 4 nitrogen and oxygen atoms in total. The minimum absolute atomic E-state index is 0.0259. The van der Waals surface area contributed by atoms with Crippen LogP contribution in [0.3, 0.4) is 0 Å². The Balaban J connectivity index is 1.82. The van der Waals surface area contributed by atoms with Crippen LogP contribution < -0.4 is 5.32 Å². The maximum Gasteiger partial charge on any atom is 0.233 e. The van der Waals surface area contributed by atoms with Crippen LogP contribution in [0.2, 0.25) is 0 Å². The molecule has 2 heterocycles. The van der Waals surface area contributed by atoms with Crippen LogP contribution in [0.15, 0.2) is 52.2 Å². The molecule has 1 N–H and O–H groups in total. The SMILES string of the molecule is CC(Sc1ccccn1)C(=O)NCc1ccco1. The zero-order chi connectivity index (χ0) is 12.8. The number of thioether (sulfide) groups is 1. The summed E-state index contributed by atoms with van der Waals surface area (Å²) in [4.78, 5) is 16.0. The van der Waals surface area contributed by atoms with Gasteiger partial charge in [-0.3, -0.25) is 4.79 Å². The first-order valence-corrected chi connectivity index (χ1v) is 6.51. The van der Waals surface area contributed by atoms with E-state index in [0.717, 1.165) is 10.8 Å². The Labute approximate surface area is 110 Å². The number of amides is 1. The lowest BCUT2D eigenvalue weighted by Crippen LogP contribution is -2.30. The summed E-state index contributed by atoms with van der Waals surface area (Å²) in [6.45, 7) is 2.27. The third-order valence-corrected chi connectivity index (χ3v) is 3.37. The van der Waals surface area contributed by atoms with Crippen molar-refractivity contribution in [3.05, 3.63) is 48.6 Å². The van der Waals surface area contributed by atoms with Crippen LogP contribution in [-0.2, 0) is 11.3 Å². The van der Waals surface area contributed by atoms with E-state index in [4.69, 9.17) is 4.42 Å². The molecular formula is C13H14N2O2S. The van der Waals surface area contributed by atoms with Crippen LogP contribution in [0, 0.1) is 0 Å². The molecule has 0 radical (unpaired) electrons. The molecule has 0 aromatic carbocycles. The van der Waals surface area contributed by atoms with Crippen molar-refractivity contribution < 1.29 is 9.21 Å². The molecular weight excluding hydrogens is 248 g/mol. The third-order valence-electron chi connectivity index (χ3n) is 2.32. The molecule has 2 aromatic rings. The molecule has 0 bridgehead atoms. The van der Waals surface area contributed by atoms with Crippen molar-refractivity contribution in [2.75, 3.05) is 0 Å². The number of hydrogen-bond acceptors (Lipinski definition) is 4. The average Bonchev–Trinajstić information content (AvgIpc) is 2.90. The molecule has 0 aliphatic carbocycles. The molecule has 1 atom stereocenters. The Kier molecular flexibility index (Phi) is 4.41. The molecule has 2 rings (SSSR count). The predicted molar refractivity (Wildman–Crippen MR) is 70.1 cm³/mol. The first kappa shape index (κ1) is 12.7. The molecule has 1 amide bonds. The largest absolute Gasteiger partial charge is 0.467 e. The highest BCUT2D eigenvalue weighted by molar-refractivity contribution is 8.00. The number of hydrogen-bond donors (Lipinski definition) is 1. The summed E-state index contributed by atoms with van der Waals surface area (Å²) < 4.78 is 5.15. The highest BCUT2D eigenvalue weighted by Gasteiger charge is 2.14. The number of nitrogens with zero attached hydrogens (tertiary/aromatic N) is 1. The Hall–Kier alpha value is -1.75. The lowest BCUT2D eigenvalue weighted by atomic mass is 10.4. The smallest absolute Gasteiger partial charge is 0.233 e. The molecule has 18 heavy (non-hydrogen) atoms. The van der Waals surface area contributed by atoms with Crippen LogP contribution >= 0.6 is 11.8 Å². The molecule has 94 valence electrons. The van der Waals surface area contributed by atoms with E-state index in [9.17, 15) is 4.79 Å². The lowest BCUT2D eigenvalue weighted by Gasteiger charge is -2.10. The van der Waals surface area contributed by atoms with E-state index >= 15 is 0 Å². The van der Waals surface area contributed by atoms with Crippen LogP contribution in [-0.4, -0.2) is 16.1 Å². The average molecular weight is 262 g/mol. The molecule has 1 unspecified atom stereocenters. The van der Waals surface area contributed by atoms with Gasteiger partial charge in [0.15, 0.2) is 0 Å². The highest BCUT2D eigenvalue weighted by atomic mass is 32.2. The van der Waals surface area contributed by atoms with E-state index < -0.39 is 0 Å². The zero-order valence-corrected chi connectivity index (χ0v) is 10.8. The van der Waals surface area contributed by atoms with Crippen molar-refractivity contribution in [3.8, 4) is 0 Å². The van der Waals surface area contributed by atoms with Crippen LogP contribution in [0.4, 0.5) is 0 Å². The van der Waals surface area contributed by atoms with Crippen molar-refractivity contribution in [2.45, 2.75) is 23.7 Å². The first-order chi connectivity index (χ1) is 8.75. The van der Waals surface area contributed by atoms with Crippen LogP contribution in [0.1, 0.15) is 12.7 Å². The lowest BCUT2D eigenvalue weighted by molar-refractivity contribution is -0.120. The fourth-order valence-corrected chi connectivity index (χ4v) is 2.21. The van der Waals surface area contributed by atoms with Gasteiger partial charge in [-0.1, -0.05) is 17.8 Å². The molecule has 5 heteroatoms. The van der Waals surface area contributed by atoms with Gasteiger partial charge in [0.25, 0.3) is 0 Å². The van der Waals surface area contributed by atoms with E-state index in [0.29, 0.717) is 6.54 Å². The summed E-state index contributed by atoms with van der Waals surface area (Å²) in [6.07, 6.45) is 3.31. The summed E-state index contributed by atoms with van der Waals surface area (Å²) in [5.41, 5.74) is 0. The van der Waals surface area contributed by atoms with Crippen molar-refractivity contribution >= 4 is 17.7 Å². The molecule has 0 aliphatic rings. The van der Waals surface area contributed by atoms with Gasteiger partial charge >= 0.3 is 0 Å². The van der Waals surface area contributed by atoms with Gasteiger partial charge in [-0.05, 0) is 31.2 Å². The Bertz CT molecular complexity index is 485. The number of pyridine rings is 1. The zero-order valence-electron chi connectivity index (χ0n) is 10.00. The van der Waals surface area contributed by atoms with Crippen molar-refractivity contribution in [1.82, 2.24) is 10.3 Å². The standard InChI is InChI=1S/C13H14N2O2S/c1-10(18-12-6-2-3-7-14-12)13(16)15-9-11-5-4-8-17-11/h2-8,10H,9H2,1H3,(H,15,16). The Morgan fingerprint density at radius 3 is 3.00 bits per heavy atom. The number of rotatable bonds is 5. The van der Waals surface area contributed by atoms with Crippen molar-refractivity contribution in [2.24, 2.45) is 0 Å². The van der Waals surface area contributed by atoms with E-state index in [1.165, 1.54) is 11.8 Å². The molecule has 0 saturated carbocycles. The van der Waals surface area contributed by atoms with Gasteiger partial charge < -0.3 is 9.73 Å². The first-order valence-electron chi connectivity index (χ1n) is 5.63. The second-order valence-electron chi connectivity index (χ2n) is 3.73. The van der Waals surface area contributed by atoms with Crippen LogP contribution in [0.5, 0.6) is 0 Å². The van der Waals surface area contributed by atoms with Crippen LogP contribution in [0.25, 0.3) is 0 Å². The molecule has 0 spiro atoms. The van der Waals surface area contributed by atoms with E-state index in [1.54, 1.807) is 18.5 Å². The second kappa shape index (κ2) is 6.26. The van der Waals surface area contributed by atoms with Gasteiger partial charge in [-0.25, -0.2) is 4.98 Å². The van der Waals surface area contributed by atoms with Gasteiger partial charge in [0.05, 0.1) is 23.1 Å². The monoisotopic (exact) mass is 262 g/mol. The van der Waals surface area contributed by atoms with Gasteiger partial charge in [0.1, 0.15) is 5.76 Å². The fourth-order valence-electron chi connectivity index (χ4n) is 1.38. The molecule has 0 aliphatic heterocycles. The van der Waals surface area contributed by atoms with Gasteiger partial charge in [0.2, 0.25) is 5.91 Å². The Morgan fingerprint density at radius 2 is 2.33 bits per heavy atom.